The van der Waals surface area contributed by atoms with Gasteiger partial charge in [-0.2, -0.15) is 0 Å². The van der Waals surface area contributed by atoms with Crippen molar-refractivity contribution in [1.29, 1.82) is 0 Å². The number of carbonyl (C=O) groups excluding carboxylic acids is 1. The van der Waals surface area contributed by atoms with Gasteiger partial charge in [0.1, 0.15) is 5.75 Å². The number of aromatic nitrogens is 2. The quantitative estimate of drug-likeness (QED) is 0.355. The zero-order chi connectivity index (χ0) is 22.9. The van der Waals surface area contributed by atoms with Gasteiger partial charge in [0.05, 0.1) is 12.3 Å². The molecule has 0 spiro atoms. The van der Waals surface area contributed by atoms with Gasteiger partial charge >= 0.3 is 0 Å². The average Bonchev–Trinajstić information content (AvgIpc) is 2.88. The van der Waals surface area contributed by atoms with Crippen molar-refractivity contribution in [1.82, 2.24) is 15.5 Å². The Morgan fingerprint density at radius 3 is 2.42 bits per heavy atom. The molecule has 0 radical (unpaired) electrons. The number of rotatable bonds is 9. The van der Waals surface area contributed by atoms with Crippen molar-refractivity contribution in [3.05, 3.63) is 102 Å². The summed E-state index contributed by atoms with van der Waals surface area (Å²) in [5.41, 5.74) is 4.16. The fourth-order valence-electron chi connectivity index (χ4n) is 3.26. The summed E-state index contributed by atoms with van der Waals surface area (Å²) in [6, 6.07) is 28.7. The van der Waals surface area contributed by atoms with Crippen LogP contribution < -0.4 is 15.4 Å². The first-order valence-corrected chi connectivity index (χ1v) is 11.0. The molecule has 6 nitrogen and oxygen atoms in total. The summed E-state index contributed by atoms with van der Waals surface area (Å²) in [5, 5.41) is 14.7. The number of benzene rings is 3. The molecule has 1 heterocycles. The van der Waals surface area contributed by atoms with Gasteiger partial charge in [-0.3, -0.25) is 4.79 Å². The molecular weight excluding hydrogens is 412 g/mol. The van der Waals surface area contributed by atoms with E-state index in [-0.39, 0.29) is 5.91 Å². The number of ether oxygens (including phenoxy) is 1. The van der Waals surface area contributed by atoms with Gasteiger partial charge in [0.25, 0.3) is 5.91 Å². The fourth-order valence-corrected chi connectivity index (χ4v) is 3.26. The van der Waals surface area contributed by atoms with Gasteiger partial charge in [-0.05, 0) is 54.4 Å². The second-order valence-electron chi connectivity index (χ2n) is 7.55. The molecule has 0 bridgehead atoms. The molecule has 166 valence electrons. The highest BCUT2D eigenvalue weighted by Crippen LogP contribution is 2.20. The average molecular weight is 439 g/mol. The third-order valence-corrected chi connectivity index (χ3v) is 4.98. The van der Waals surface area contributed by atoms with Gasteiger partial charge in [0, 0.05) is 23.4 Å². The van der Waals surface area contributed by atoms with Crippen LogP contribution in [0.3, 0.4) is 0 Å². The molecule has 0 saturated carbocycles. The second-order valence-corrected chi connectivity index (χ2v) is 7.55. The minimum absolute atomic E-state index is 0.143. The lowest BCUT2D eigenvalue weighted by Crippen LogP contribution is -2.22. The van der Waals surface area contributed by atoms with Gasteiger partial charge in [0.15, 0.2) is 5.82 Å². The smallest absolute Gasteiger partial charge is 0.251 e. The second kappa shape index (κ2) is 10.9. The summed E-state index contributed by atoms with van der Waals surface area (Å²) < 4.78 is 5.59. The van der Waals surface area contributed by atoms with E-state index in [2.05, 4.69) is 27.8 Å². The summed E-state index contributed by atoms with van der Waals surface area (Å²) in [6.45, 7) is 3.21. The van der Waals surface area contributed by atoms with E-state index in [9.17, 15) is 4.79 Å². The standard InChI is InChI=1S/C27H26N4O2/c1-2-17-33-24-13-11-20(12-14-24)19-28-27(32)22-9-6-10-23(18-22)29-26-16-15-25(30-31-26)21-7-4-3-5-8-21/h3-16,18H,2,17,19H2,1H3,(H,28,32)(H,29,31). The van der Waals surface area contributed by atoms with Crippen LogP contribution in [0.25, 0.3) is 11.3 Å². The SMILES string of the molecule is CCCOc1ccc(CNC(=O)c2cccc(Nc3ccc(-c4ccccc4)nn3)c2)cc1. The lowest BCUT2D eigenvalue weighted by Gasteiger charge is -2.10. The molecule has 0 fully saturated rings. The molecule has 0 saturated heterocycles. The predicted molar refractivity (Wildman–Crippen MR) is 131 cm³/mol. The summed E-state index contributed by atoms with van der Waals surface area (Å²) >= 11 is 0. The Hall–Kier alpha value is -4.19. The topological polar surface area (TPSA) is 76.1 Å². The normalized spacial score (nSPS) is 10.5. The summed E-state index contributed by atoms with van der Waals surface area (Å²) in [7, 11) is 0. The van der Waals surface area contributed by atoms with Crippen molar-refractivity contribution in [2.45, 2.75) is 19.9 Å². The number of hydrogen-bond donors (Lipinski definition) is 2. The number of carbonyl (C=O) groups is 1. The highest BCUT2D eigenvalue weighted by Gasteiger charge is 2.08. The molecule has 0 aliphatic carbocycles. The minimum atomic E-state index is -0.143. The molecular formula is C27H26N4O2. The van der Waals surface area contributed by atoms with E-state index in [0.29, 0.717) is 24.5 Å². The van der Waals surface area contributed by atoms with Crippen LogP contribution in [0.5, 0.6) is 5.75 Å². The number of nitrogens with zero attached hydrogens (tertiary/aromatic N) is 2. The van der Waals surface area contributed by atoms with Crippen LogP contribution in [-0.2, 0) is 6.54 Å². The van der Waals surface area contributed by atoms with Crippen LogP contribution in [-0.4, -0.2) is 22.7 Å². The summed E-state index contributed by atoms with van der Waals surface area (Å²) in [4.78, 5) is 12.6. The molecule has 0 atom stereocenters. The molecule has 1 amide bonds. The minimum Gasteiger partial charge on any atom is -0.494 e. The Morgan fingerprint density at radius 2 is 1.70 bits per heavy atom. The van der Waals surface area contributed by atoms with Crippen molar-refractivity contribution in [2.75, 3.05) is 11.9 Å². The third kappa shape index (κ3) is 6.17. The first-order chi connectivity index (χ1) is 16.2. The molecule has 0 aliphatic rings. The molecule has 6 heteroatoms. The largest absolute Gasteiger partial charge is 0.494 e. The van der Waals surface area contributed by atoms with Crippen LogP contribution in [0.1, 0.15) is 29.3 Å². The van der Waals surface area contributed by atoms with E-state index in [1.54, 1.807) is 12.1 Å². The van der Waals surface area contributed by atoms with Crippen molar-refractivity contribution >= 4 is 17.4 Å². The molecule has 1 aromatic heterocycles. The zero-order valence-electron chi connectivity index (χ0n) is 18.5. The van der Waals surface area contributed by atoms with Crippen molar-refractivity contribution in [3.63, 3.8) is 0 Å². The van der Waals surface area contributed by atoms with Crippen molar-refractivity contribution in [2.24, 2.45) is 0 Å². The predicted octanol–water partition coefficient (Wildman–Crippen LogP) is 5.61. The maximum atomic E-state index is 12.6. The van der Waals surface area contributed by atoms with E-state index in [4.69, 9.17) is 4.74 Å². The monoisotopic (exact) mass is 438 g/mol. The molecule has 0 aliphatic heterocycles. The molecule has 33 heavy (non-hydrogen) atoms. The van der Waals surface area contributed by atoms with Crippen LogP contribution in [0.4, 0.5) is 11.5 Å². The van der Waals surface area contributed by atoms with Gasteiger partial charge < -0.3 is 15.4 Å². The van der Waals surface area contributed by atoms with E-state index >= 15 is 0 Å². The maximum absolute atomic E-state index is 12.6. The van der Waals surface area contributed by atoms with Crippen molar-refractivity contribution < 1.29 is 9.53 Å². The Kier molecular flexibility index (Phi) is 7.28. The highest BCUT2D eigenvalue weighted by atomic mass is 16.5. The number of amides is 1. The Balaban J connectivity index is 1.34. The third-order valence-electron chi connectivity index (χ3n) is 4.98. The van der Waals surface area contributed by atoms with Crippen LogP contribution in [0.15, 0.2) is 91.0 Å². The van der Waals surface area contributed by atoms with Crippen LogP contribution in [0, 0.1) is 0 Å². The van der Waals surface area contributed by atoms with Gasteiger partial charge in [-0.25, -0.2) is 0 Å². The van der Waals surface area contributed by atoms with E-state index < -0.39 is 0 Å². The number of anilines is 2. The fraction of sp³-hybridized carbons (Fsp3) is 0.148. The summed E-state index contributed by atoms with van der Waals surface area (Å²) in [6.07, 6.45) is 0.970. The number of hydrogen-bond acceptors (Lipinski definition) is 5. The van der Waals surface area contributed by atoms with Crippen LogP contribution >= 0.6 is 0 Å². The van der Waals surface area contributed by atoms with Gasteiger partial charge in [0.2, 0.25) is 0 Å². The van der Waals surface area contributed by atoms with Crippen molar-refractivity contribution in [3.8, 4) is 17.0 Å². The summed E-state index contributed by atoms with van der Waals surface area (Å²) in [5.74, 6) is 1.30. The molecule has 4 rings (SSSR count). The highest BCUT2D eigenvalue weighted by molar-refractivity contribution is 5.95. The molecule has 2 N–H and O–H groups in total. The van der Waals surface area contributed by atoms with Gasteiger partial charge in [-0.15, -0.1) is 10.2 Å². The maximum Gasteiger partial charge on any atom is 0.251 e. The first kappa shape index (κ1) is 22.0. The Labute approximate surface area is 193 Å². The first-order valence-electron chi connectivity index (χ1n) is 11.0. The molecule has 4 aromatic rings. The molecule has 3 aromatic carbocycles. The van der Waals surface area contributed by atoms with E-state index in [1.165, 1.54) is 0 Å². The lowest BCUT2D eigenvalue weighted by atomic mass is 10.1. The Morgan fingerprint density at radius 1 is 0.879 bits per heavy atom. The van der Waals surface area contributed by atoms with E-state index in [0.717, 1.165) is 34.7 Å². The van der Waals surface area contributed by atoms with Gasteiger partial charge in [-0.1, -0.05) is 55.5 Å². The van der Waals surface area contributed by atoms with Crippen LogP contribution in [0.2, 0.25) is 0 Å². The zero-order valence-corrected chi connectivity index (χ0v) is 18.5. The molecule has 0 unspecified atom stereocenters. The lowest BCUT2D eigenvalue weighted by molar-refractivity contribution is 0.0951. The van der Waals surface area contributed by atoms with E-state index in [1.807, 2.05) is 78.9 Å². The Bertz CT molecular complexity index is 1180. The number of nitrogens with one attached hydrogen (secondary N) is 2.